The first-order chi connectivity index (χ1) is 17.7. The maximum absolute atomic E-state index is 13.1. The molecule has 0 spiro atoms. The Bertz CT molecular complexity index is 1350. The number of hydrogen-bond donors (Lipinski definition) is 1. The Morgan fingerprint density at radius 2 is 1.76 bits per heavy atom. The fraction of sp³-hybridized carbons (Fsp3) is 0.370. The predicted octanol–water partition coefficient (Wildman–Crippen LogP) is 2.73. The molecule has 0 aliphatic carbocycles. The fourth-order valence-electron chi connectivity index (χ4n) is 4.95. The number of ether oxygens (including phenoxy) is 2. The van der Waals surface area contributed by atoms with Crippen LogP contribution >= 0.6 is 0 Å². The van der Waals surface area contributed by atoms with Crippen LogP contribution in [-0.4, -0.2) is 74.7 Å². The molecule has 5 rings (SSSR count). The fourth-order valence-corrected chi connectivity index (χ4v) is 4.95. The standard InChI is InChI=1S/C27H29N5O5/c1-26(2)17-31(25(35)36-16-18-9-5-4-6-10-18)23-27(3,24(34)32(23)26)37-14-13-28-22(33)21-15-29-19-11-7-8-12-20(19)30-21/h4-12,15,23H,13-14,16-17H2,1-3H3,(H,28,33). The van der Waals surface area contributed by atoms with Gasteiger partial charge in [0.25, 0.3) is 11.8 Å². The normalized spacial score (nSPS) is 21.9. The Hall–Kier alpha value is -4.05. The highest BCUT2D eigenvalue weighted by Crippen LogP contribution is 2.47. The summed E-state index contributed by atoms with van der Waals surface area (Å²) >= 11 is 0. The SMILES string of the molecule is CC1(OCCNC(=O)c2cnc3ccccc3n2)C(=O)N2C1N(C(=O)OCc1ccccc1)CC2(C)C. The third-order valence-corrected chi connectivity index (χ3v) is 6.80. The lowest BCUT2D eigenvalue weighted by atomic mass is 9.87. The van der Waals surface area contributed by atoms with Crippen molar-refractivity contribution >= 4 is 28.9 Å². The lowest BCUT2D eigenvalue weighted by Crippen LogP contribution is -2.77. The zero-order valence-electron chi connectivity index (χ0n) is 21.0. The van der Waals surface area contributed by atoms with Gasteiger partial charge in [-0.05, 0) is 38.5 Å². The van der Waals surface area contributed by atoms with Crippen LogP contribution in [0.5, 0.6) is 0 Å². The van der Waals surface area contributed by atoms with Gasteiger partial charge in [-0.2, -0.15) is 0 Å². The first kappa shape index (κ1) is 24.6. The van der Waals surface area contributed by atoms with E-state index in [4.69, 9.17) is 9.47 Å². The average molecular weight is 504 g/mol. The van der Waals surface area contributed by atoms with Crippen LogP contribution in [0.4, 0.5) is 4.79 Å². The largest absolute Gasteiger partial charge is 0.444 e. The highest BCUT2D eigenvalue weighted by Gasteiger charge is 2.70. The molecule has 1 N–H and O–H groups in total. The van der Waals surface area contributed by atoms with Crippen LogP contribution in [-0.2, 0) is 20.9 Å². The molecule has 10 nitrogen and oxygen atoms in total. The summed E-state index contributed by atoms with van der Waals surface area (Å²) in [6.45, 7) is 6.19. The number of β-lactam (4-membered cyclic amide) rings is 1. The van der Waals surface area contributed by atoms with Gasteiger partial charge in [-0.1, -0.05) is 42.5 Å². The third kappa shape index (κ3) is 4.48. The van der Waals surface area contributed by atoms with E-state index >= 15 is 0 Å². The van der Waals surface area contributed by atoms with E-state index in [9.17, 15) is 14.4 Å². The molecule has 0 saturated carbocycles. The second-order valence-corrected chi connectivity index (χ2v) is 9.98. The second-order valence-electron chi connectivity index (χ2n) is 9.98. The van der Waals surface area contributed by atoms with Crippen LogP contribution in [0.3, 0.4) is 0 Å². The molecular weight excluding hydrogens is 474 g/mol. The van der Waals surface area contributed by atoms with Crippen LogP contribution in [0.15, 0.2) is 60.8 Å². The molecule has 3 aromatic rings. The van der Waals surface area contributed by atoms with Crippen molar-refractivity contribution in [2.24, 2.45) is 0 Å². The summed E-state index contributed by atoms with van der Waals surface area (Å²) in [5, 5.41) is 2.75. The molecule has 2 atom stereocenters. The van der Waals surface area contributed by atoms with E-state index in [-0.39, 0.29) is 37.3 Å². The number of aromatic nitrogens is 2. The summed E-state index contributed by atoms with van der Waals surface area (Å²) in [6.07, 6.45) is 0.322. The molecule has 0 bridgehead atoms. The Balaban J connectivity index is 1.19. The molecule has 37 heavy (non-hydrogen) atoms. The minimum atomic E-state index is -1.24. The van der Waals surface area contributed by atoms with Crippen LogP contribution < -0.4 is 5.32 Å². The maximum atomic E-state index is 13.1. The van der Waals surface area contributed by atoms with E-state index < -0.39 is 23.4 Å². The number of para-hydroxylation sites is 2. The van der Waals surface area contributed by atoms with Crippen LogP contribution in [0, 0.1) is 0 Å². The number of carbonyl (C=O) groups is 3. The molecule has 192 valence electrons. The number of fused-ring (bicyclic) bond motifs is 2. The molecule has 2 fully saturated rings. The van der Waals surface area contributed by atoms with Crippen molar-refractivity contribution in [3.8, 4) is 0 Å². The lowest BCUT2D eigenvalue weighted by molar-refractivity contribution is -0.213. The quantitative estimate of drug-likeness (QED) is 0.390. The number of nitrogens with zero attached hydrogens (tertiary/aromatic N) is 4. The van der Waals surface area contributed by atoms with Gasteiger partial charge in [-0.3, -0.25) is 19.5 Å². The Morgan fingerprint density at radius 1 is 1.05 bits per heavy atom. The van der Waals surface area contributed by atoms with Crippen molar-refractivity contribution in [3.63, 3.8) is 0 Å². The van der Waals surface area contributed by atoms with Crippen molar-refractivity contribution in [3.05, 3.63) is 72.1 Å². The van der Waals surface area contributed by atoms with Crippen LogP contribution in [0.25, 0.3) is 11.0 Å². The number of nitrogens with one attached hydrogen (secondary N) is 1. The second kappa shape index (κ2) is 9.44. The Labute approximate surface area is 214 Å². The maximum Gasteiger partial charge on any atom is 0.411 e. The van der Waals surface area contributed by atoms with Gasteiger partial charge >= 0.3 is 6.09 Å². The molecule has 3 heterocycles. The van der Waals surface area contributed by atoms with Gasteiger partial charge in [0.2, 0.25) is 0 Å². The zero-order valence-corrected chi connectivity index (χ0v) is 21.0. The number of hydrogen-bond acceptors (Lipinski definition) is 7. The summed E-state index contributed by atoms with van der Waals surface area (Å²) in [4.78, 5) is 50.5. The molecule has 1 aromatic heterocycles. The zero-order chi connectivity index (χ0) is 26.2. The van der Waals surface area contributed by atoms with Gasteiger partial charge in [0.05, 0.1) is 29.4 Å². The van der Waals surface area contributed by atoms with E-state index in [1.54, 1.807) is 22.8 Å². The van der Waals surface area contributed by atoms with E-state index in [0.29, 0.717) is 17.6 Å². The van der Waals surface area contributed by atoms with Gasteiger partial charge in [-0.15, -0.1) is 0 Å². The van der Waals surface area contributed by atoms with Crippen LogP contribution in [0.2, 0.25) is 0 Å². The van der Waals surface area contributed by atoms with Crippen molar-refractivity contribution < 1.29 is 23.9 Å². The number of amides is 3. The Kier molecular flexibility index (Phi) is 6.28. The number of carbonyl (C=O) groups excluding carboxylic acids is 3. The lowest BCUT2D eigenvalue weighted by Gasteiger charge is -2.54. The Morgan fingerprint density at radius 3 is 2.51 bits per heavy atom. The van der Waals surface area contributed by atoms with Crippen molar-refractivity contribution in [2.45, 2.75) is 44.7 Å². The van der Waals surface area contributed by atoms with Crippen molar-refractivity contribution in [1.29, 1.82) is 0 Å². The van der Waals surface area contributed by atoms with Crippen LogP contribution in [0.1, 0.15) is 36.8 Å². The molecule has 2 saturated heterocycles. The van der Waals surface area contributed by atoms with Gasteiger partial charge in [0.1, 0.15) is 18.5 Å². The molecule has 2 aromatic carbocycles. The highest BCUT2D eigenvalue weighted by molar-refractivity contribution is 5.95. The van der Waals surface area contributed by atoms with E-state index in [0.717, 1.165) is 5.56 Å². The average Bonchev–Trinajstić information content (AvgIpc) is 3.19. The molecule has 10 heteroatoms. The van der Waals surface area contributed by atoms with E-state index in [1.165, 1.54) is 6.20 Å². The van der Waals surface area contributed by atoms with Gasteiger partial charge in [0, 0.05) is 13.1 Å². The van der Waals surface area contributed by atoms with Gasteiger partial charge < -0.3 is 19.7 Å². The number of benzene rings is 2. The molecular formula is C27H29N5O5. The minimum Gasteiger partial charge on any atom is -0.444 e. The molecule has 0 radical (unpaired) electrons. The monoisotopic (exact) mass is 503 g/mol. The van der Waals surface area contributed by atoms with E-state index in [2.05, 4.69) is 15.3 Å². The molecule has 2 unspecified atom stereocenters. The van der Waals surface area contributed by atoms with Gasteiger partial charge in [0.15, 0.2) is 5.60 Å². The topological polar surface area (TPSA) is 114 Å². The summed E-state index contributed by atoms with van der Waals surface area (Å²) in [6, 6.07) is 16.7. The van der Waals surface area contributed by atoms with Crippen molar-refractivity contribution in [2.75, 3.05) is 19.7 Å². The minimum absolute atomic E-state index is 0.0761. The van der Waals surface area contributed by atoms with E-state index in [1.807, 2.05) is 62.4 Å². The smallest absolute Gasteiger partial charge is 0.411 e. The van der Waals surface area contributed by atoms with Gasteiger partial charge in [-0.25, -0.2) is 9.78 Å². The molecule has 2 aliphatic rings. The first-order valence-electron chi connectivity index (χ1n) is 12.2. The first-order valence-corrected chi connectivity index (χ1v) is 12.2. The summed E-state index contributed by atoms with van der Waals surface area (Å²) in [5.74, 6) is -0.589. The summed E-state index contributed by atoms with van der Waals surface area (Å²) in [7, 11) is 0. The molecule has 3 amide bonds. The predicted molar refractivity (Wildman–Crippen MR) is 134 cm³/mol. The van der Waals surface area contributed by atoms with Crippen molar-refractivity contribution in [1.82, 2.24) is 25.1 Å². The summed E-state index contributed by atoms with van der Waals surface area (Å²) in [5.41, 5.74) is 0.603. The summed E-state index contributed by atoms with van der Waals surface area (Å²) < 4.78 is 11.5. The highest BCUT2D eigenvalue weighted by atomic mass is 16.6. The third-order valence-electron chi connectivity index (χ3n) is 6.80. The molecule has 2 aliphatic heterocycles. The number of rotatable bonds is 7.